The quantitative estimate of drug-likeness (QED) is 0.280. The van der Waals surface area contributed by atoms with Gasteiger partial charge in [0, 0.05) is 10.8 Å². The summed E-state index contributed by atoms with van der Waals surface area (Å²) >= 11 is 0. The number of para-hydroxylation sites is 2. The Balaban J connectivity index is 0.00000182. The summed E-state index contributed by atoms with van der Waals surface area (Å²) in [5, 5.41) is 9.59. The molecule has 25 heavy (non-hydrogen) atoms. The Labute approximate surface area is 165 Å². The smallest absolute Gasteiger partial charge is 0.744 e. The normalized spacial score (nSPS) is 11.6. The number of benzene rings is 3. The summed E-state index contributed by atoms with van der Waals surface area (Å²) in [5.41, 5.74) is 7.81. The number of hydrogen-bond donors (Lipinski definition) is 1. The number of aromatic nitrogens is 3. The molecule has 0 fully saturated rings. The fraction of sp³-hybridized carbons (Fsp3) is 0. The Kier molecular flexibility index (Phi) is 4.56. The van der Waals surface area contributed by atoms with E-state index in [9.17, 15) is 13.0 Å². The van der Waals surface area contributed by atoms with Gasteiger partial charge in [-0.05, 0) is 18.2 Å². The molecule has 4 rings (SSSR count). The van der Waals surface area contributed by atoms with Crippen LogP contribution in [0.5, 0.6) is 0 Å². The molecular weight excluding hydrogens is 351 g/mol. The van der Waals surface area contributed by atoms with Gasteiger partial charge < -0.3 is 10.3 Å². The Bertz CT molecular complexity index is 1200. The molecule has 1 heterocycles. The van der Waals surface area contributed by atoms with Crippen LogP contribution in [0.15, 0.2) is 59.5 Å². The maximum Gasteiger partial charge on any atom is 1.00 e. The van der Waals surface area contributed by atoms with Gasteiger partial charge in [-0.1, -0.05) is 36.4 Å². The number of hydrogen-bond acceptors (Lipinski definition) is 6. The second-order valence-corrected chi connectivity index (χ2v) is 6.64. The first-order valence-electron chi connectivity index (χ1n) is 7.05. The number of anilines is 1. The van der Waals surface area contributed by atoms with Crippen LogP contribution in [-0.4, -0.2) is 28.0 Å². The van der Waals surface area contributed by atoms with Crippen molar-refractivity contribution in [1.82, 2.24) is 15.0 Å². The molecule has 3 aromatic carbocycles. The largest absolute Gasteiger partial charge is 1.00 e. The van der Waals surface area contributed by atoms with Gasteiger partial charge in [-0.25, -0.2) is 8.42 Å². The van der Waals surface area contributed by atoms with Crippen LogP contribution in [0.25, 0.3) is 27.5 Å². The molecule has 1 aromatic heterocycles. The molecule has 0 atom stereocenters. The van der Waals surface area contributed by atoms with Gasteiger partial charge in [0.15, 0.2) is 0 Å². The third-order valence-electron chi connectivity index (χ3n) is 3.78. The van der Waals surface area contributed by atoms with Gasteiger partial charge in [0.25, 0.3) is 0 Å². The van der Waals surface area contributed by atoms with Crippen molar-refractivity contribution in [3.05, 3.63) is 54.6 Å². The number of fused-ring (bicyclic) bond motifs is 3. The van der Waals surface area contributed by atoms with E-state index in [-0.39, 0.29) is 34.5 Å². The van der Waals surface area contributed by atoms with Crippen LogP contribution >= 0.6 is 0 Å². The summed E-state index contributed by atoms with van der Waals surface area (Å²) < 4.78 is 34.8. The monoisotopic (exact) mass is 362 g/mol. The molecule has 4 aromatic rings. The molecule has 120 valence electrons. The SMILES string of the molecule is Nc1ccccc1-n1nc2cc(S(=O)(=O)[O-])c3ccccc3c2n1.[Na+]. The zero-order valence-electron chi connectivity index (χ0n) is 13.2. The summed E-state index contributed by atoms with van der Waals surface area (Å²) in [7, 11) is -4.64. The minimum absolute atomic E-state index is 0. The van der Waals surface area contributed by atoms with Gasteiger partial charge in [0.05, 0.1) is 10.6 Å². The van der Waals surface area contributed by atoms with Crippen molar-refractivity contribution in [2.45, 2.75) is 4.90 Å². The van der Waals surface area contributed by atoms with Crippen LogP contribution in [0, 0.1) is 0 Å². The summed E-state index contributed by atoms with van der Waals surface area (Å²) in [5.74, 6) is 0. The van der Waals surface area contributed by atoms with E-state index in [1.54, 1.807) is 48.5 Å². The van der Waals surface area contributed by atoms with Crippen molar-refractivity contribution >= 4 is 37.6 Å². The van der Waals surface area contributed by atoms with E-state index in [0.717, 1.165) is 0 Å². The van der Waals surface area contributed by atoms with Crippen LogP contribution in [0.1, 0.15) is 0 Å². The van der Waals surface area contributed by atoms with Gasteiger partial charge in [0.2, 0.25) is 0 Å². The standard InChI is InChI=1S/C16H12N4O3S.Na/c17-12-7-3-4-8-14(12)20-18-13-9-15(24(21,22)23)10-5-1-2-6-11(10)16(13)19-20;/h1-9H,17H2,(H,21,22,23);/q;+1/p-1. The van der Waals surface area contributed by atoms with Crippen molar-refractivity contribution in [2.24, 2.45) is 0 Å². The molecule has 0 aliphatic carbocycles. The number of nitrogens with zero attached hydrogens (tertiary/aromatic N) is 3. The number of nitrogens with two attached hydrogens (primary N) is 1. The minimum Gasteiger partial charge on any atom is -0.744 e. The summed E-state index contributed by atoms with van der Waals surface area (Å²) in [4.78, 5) is 1.03. The minimum atomic E-state index is -4.64. The molecule has 0 amide bonds. The predicted octanol–water partition coefficient (Wildman–Crippen LogP) is -0.936. The van der Waals surface area contributed by atoms with E-state index in [1.807, 2.05) is 0 Å². The first-order valence-corrected chi connectivity index (χ1v) is 8.45. The molecule has 0 aliphatic rings. The maximum absolute atomic E-state index is 11.6. The van der Waals surface area contributed by atoms with Crippen molar-refractivity contribution in [3.8, 4) is 5.69 Å². The second-order valence-electron chi connectivity index (χ2n) is 5.29. The van der Waals surface area contributed by atoms with Gasteiger partial charge >= 0.3 is 29.6 Å². The fourth-order valence-corrected chi connectivity index (χ4v) is 3.40. The zero-order chi connectivity index (χ0) is 16.9. The summed E-state index contributed by atoms with van der Waals surface area (Å²) in [6.07, 6.45) is 0. The summed E-state index contributed by atoms with van der Waals surface area (Å²) in [6.45, 7) is 0. The van der Waals surface area contributed by atoms with Crippen LogP contribution < -0.4 is 35.3 Å². The summed E-state index contributed by atoms with van der Waals surface area (Å²) in [6, 6.07) is 15.0. The zero-order valence-corrected chi connectivity index (χ0v) is 16.1. The first kappa shape index (κ1) is 17.8. The molecule has 7 nitrogen and oxygen atoms in total. The van der Waals surface area contributed by atoms with Crippen molar-refractivity contribution in [1.29, 1.82) is 0 Å². The first-order chi connectivity index (χ1) is 11.4. The fourth-order valence-electron chi connectivity index (χ4n) is 2.70. The molecule has 0 saturated heterocycles. The van der Waals surface area contributed by atoms with E-state index >= 15 is 0 Å². The third-order valence-corrected chi connectivity index (χ3v) is 4.65. The molecule has 2 N–H and O–H groups in total. The van der Waals surface area contributed by atoms with Gasteiger partial charge in [-0.15, -0.1) is 15.0 Å². The second kappa shape index (κ2) is 6.40. The van der Waals surface area contributed by atoms with Crippen LogP contribution in [-0.2, 0) is 10.1 Å². The molecule has 0 unspecified atom stereocenters. The van der Waals surface area contributed by atoms with Crippen molar-refractivity contribution < 1.29 is 42.5 Å². The number of nitrogen functional groups attached to an aromatic ring is 1. The molecule has 0 radical (unpaired) electrons. The predicted molar refractivity (Wildman–Crippen MR) is 88.7 cm³/mol. The molecule has 0 spiro atoms. The van der Waals surface area contributed by atoms with Crippen LogP contribution in [0.2, 0.25) is 0 Å². The van der Waals surface area contributed by atoms with Crippen LogP contribution in [0.3, 0.4) is 0 Å². The molecule has 0 bridgehead atoms. The van der Waals surface area contributed by atoms with E-state index in [2.05, 4.69) is 10.2 Å². The van der Waals surface area contributed by atoms with E-state index < -0.39 is 10.1 Å². The molecule has 0 aliphatic heterocycles. The number of rotatable bonds is 2. The van der Waals surface area contributed by atoms with Gasteiger partial charge in [-0.3, -0.25) is 0 Å². The Morgan fingerprint density at radius 2 is 1.60 bits per heavy atom. The van der Waals surface area contributed by atoms with Crippen molar-refractivity contribution in [2.75, 3.05) is 5.73 Å². The Hall–Kier alpha value is -1.97. The van der Waals surface area contributed by atoms with Gasteiger partial charge in [-0.2, -0.15) is 0 Å². The third kappa shape index (κ3) is 3.03. The van der Waals surface area contributed by atoms with E-state index in [1.165, 1.54) is 10.9 Å². The molecule has 9 heteroatoms. The molecular formula is C16H11N4NaO3S. The van der Waals surface area contributed by atoms with Gasteiger partial charge in [0.1, 0.15) is 26.8 Å². The van der Waals surface area contributed by atoms with E-state index in [4.69, 9.17) is 5.73 Å². The average Bonchev–Trinajstić information content (AvgIpc) is 2.97. The van der Waals surface area contributed by atoms with E-state index in [0.29, 0.717) is 33.2 Å². The average molecular weight is 362 g/mol. The van der Waals surface area contributed by atoms with Crippen LogP contribution in [0.4, 0.5) is 5.69 Å². The molecule has 0 saturated carbocycles. The topological polar surface area (TPSA) is 114 Å². The Morgan fingerprint density at radius 1 is 0.960 bits per heavy atom. The van der Waals surface area contributed by atoms with Crippen molar-refractivity contribution in [3.63, 3.8) is 0 Å². The Morgan fingerprint density at radius 3 is 2.28 bits per heavy atom. The maximum atomic E-state index is 11.6.